The molecule has 0 radical (unpaired) electrons. The molecule has 2 aromatic heterocycles. The van der Waals surface area contributed by atoms with Gasteiger partial charge in [0.05, 0.1) is 17.7 Å². The third-order valence-corrected chi connectivity index (χ3v) is 3.08. The number of pyridine rings is 1. The fourth-order valence-corrected chi connectivity index (χ4v) is 2.13. The number of fused-ring (bicyclic) bond motifs is 1. The summed E-state index contributed by atoms with van der Waals surface area (Å²) in [6, 6.07) is 5.28. The van der Waals surface area contributed by atoms with Gasteiger partial charge in [-0.25, -0.2) is 4.79 Å². The average Bonchev–Trinajstić information content (AvgIpc) is 2.69. The maximum absolute atomic E-state index is 11.7. The molecule has 0 spiro atoms. The second kappa shape index (κ2) is 4.71. The van der Waals surface area contributed by atoms with E-state index < -0.39 is 5.97 Å². The molecular weight excluding hydrogens is 286 g/mol. The lowest BCUT2D eigenvalue weighted by molar-refractivity contribution is 0.0524. The minimum atomic E-state index is -0.481. The molecule has 2 aromatic rings. The van der Waals surface area contributed by atoms with Crippen LogP contribution in [0.5, 0.6) is 0 Å². The summed E-state index contributed by atoms with van der Waals surface area (Å²) in [6.07, 6.45) is 2.39. The van der Waals surface area contributed by atoms with Crippen molar-refractivity contribution in [2.75, 3.05) is 6.61 Å². The molecule has 0 saturated carbocycles. The first-order valence-corrected chi connectivity index (χ1v) is 5.90. The lowest BCUT2D eigenvalue weighted by Crippen LogP contribution is -2.07. The molecule has 5 heteroatoms. The van der Waals surface area contributed by atoms with Crippen molar-refractivity contribution in [1.29, 1.82) is 0 Å². The molecule has 0 aromatic carbocycles. The molecule has 0 aliphatic heterocycles. The van der Waals surface area contributed by atoms with Gasteiger partial charge in [0.2, 0.25) is 0 Å². The number of rotatable bonds is 3. The van der Waals surface area contributed by atoms with Gasteiger partial charge in [0.25, 0.3) is 0 Å². The quantitative estimate of drug-likeness (QED) is 0.646. The predicted octanol–water partition coefficient (Wildman–Crippen LogP) is 2.69. The van der Waals surface area contributed by atoms with Crippen LogP contribution in [-0.2, 0) is 4.74 Å². The Kier molecular flexibility index (Phi) is 3.28. The van der Waals surface area contributed by atoms with Crippen LogP contribution in [0, 0.1) is 0 Å². The van der Waals surface area contributed by atoms with Gasteiger partial charge in [0, 0.05) is 10.7 Å². The van der Waals surface area contributed by atoms with E-state index in [0.717, 1.165) is 9.99 Å². The summed E-state index contributed by atoms with van der Waals surface area (Å²) in [4.78, 5) is 22.8. The smallest absolute Gasteiger partial charge is 0.340 e. The van der Waals surface area contributed by atoms with Crippen molar-refractivity contribution in [2.45, 2.75) is 6.92 Å². The highest BCUT2D eigenvalue weighted by Gasteiger charge is 2.18. The molecule has 0 aliphatic rings. The van der Waals surface area contributed by atoms with E-state index in [1.54, 1.807) is 29.7 Å². The van der Waals surface area contributed by atoms with Crippen LogP contribution in [0.3, 0.4) is 0 Å². The average molecular weight is 296 g/mol. The summed E-state index contributed by atoms with van der Waals surface area (Å²) >= 11 is 3.37. The highest BCUT2D eigenvalue weighted by atomic mass is 79.9. The molecule has 0 bridgehead atoms. The molecular formula is C12H10BrNO3. The van der Waals surface area contributed by atoms with Crippen molar-refractivity contribution in [2.24, 2.45) is 0 Å². The Balaban J connectivity index is 2.68. The largest absolute Gasteiger partial charge is 0.462 e. The van der Waals surface area contributed by atoms with E-state index in [2.05, 4.69) is 15.9 Å². The van der Waals surface area contributed by atoms with Gasteiger partial charge in [-0.15, -0.1) is 0 Å². The number of nitrogens with zero attached hydrogens (tertiary/aromatic N) is 1. The van der Waals surface area contributed by atoms with Crippen molar-refractivity contribution in [3.63, 3.8) is 0 Å². The van der Waals surface area contributed by atoms with Crippen LogP contribution < -0.4 is 0 Å². The van der Waals surface area contributed by atoms with E-state index in [9.17, 15) is 9.59 Å². The van der Waals surface area contributed by atoms with E-state index in [4.69, 9.17) is 4.74 Å². The Hall–Kier alpha value is -1.62. The topological polar surface area (TPSA) is 47.8 Å². The van der Waals surface area contributed by atoms with Crippen LogP contribution >= 0.6 is 15.9 Å². The molecule has 88 valence electrons. The lowest BCUT2D eigenvalue weighted by Gasteiger charge is -2.00. The van der Waals surface area contributed by atoms with Crippen LogP contribution in [0.2, 0.25) is 0 Å². The predicted molar refractivity (Wildman–Crippen MR) is 66.4 cm³/mol. The summed E-state index contributed by atoms with van der Waals surface area (Å²) in [5.74, 6) is -0.481. The van der Waals surface area contributed by atoms with Gasteiger partial charge in [-0.1, -0.05) is 0 Å². The van der Waals surface area contributed by atoms with Crippen molar-refractivity contribution >= 4 is 33.7 Å². The van der Waals surface area contributed by atoms with Crippen molar-refractivity contribution < 1.29 is 14.3 Å². The molecule has 0 atom stereocenters. The molecule has 2 rings (SSSR count). The zero-order chi connectivity index (χ0) is 12.4. The van der Waals surface area contributed by atoms with Gasteiger partial charge >= 0.3 is 5.97 Å². The third kappa shape index (κ3) is 1.98. The summed E-state index contributed by atoms with van der Waals surface area (Å²) in [7, 11) is 0. The number of aldehydes is 1. The monoisotopic (exact) mass is 295 g/mol. The summed E-state index contributed by atoms with van der Waals surface area (Å²) in [6.45, 7) is 2.01. The van der Waals surface area contributed by atoms with E-state index >= 15 is 0 Å². The third-order valence-electron chi connectivity index (χ3n) is 2.41. The van der Waals surface area contributed by atoms with E-state index in [0.29, 0.717) is 12.0 Å². The van der Waals surface area contributed by atoms with Crippen LogP contribution in [0.15, 0.2) is 28.9 Å². The SMILES string of the molecule is CCOC(=O)c1cc2c(Br)cccn2c1C=O. The first-order valence-electron chi connectivity index (χ1n) is 5.11. The van der Waals surface area contributed by atoms with Gasteiger partial charge in [0.15, 0.2) is 6.29 Å². The minimum Gasteiger partial charge on any atom is -0.462 e. The molecule has 0 aliphatic carbocycles. The Morgan fingerprint density at radius 2 is 2.35 bits per heavy atom. The van der Waals surface area contributed by atoms with Gasteiger partial charge in [-0.05, 0) is 41.1 Å². The van der Waals surface area contributed by atoms with Gasteiger partial charge in [-0.3, -0.25) is 4.79 Å². The van der Waals surface area contributed by atoms with Gasteiger partial charge in [0.1, 0.15) is 5.69 Å². The number of esters is 1. The van der Waals surface area contributed by atoms with Crippen LogP contribution in [-0.4, -0.2) is 23.3 Å². The number of carbonyl (C=O) groups excluding carboxylic acids is 2. The summed E-state index contributed by atoms with van der Waals surface area (Å²) in [5, 5.41) is 0. The van der Waals surface area contributed by atoms with E-state index in [-0.39, 0.29) is 12.2 Å². The van der Waals surface area contributed by atoms with Crippen LogP contribution in [0.1, 0.15) is 27.8 Å². The zero-order valence-corrected chi connectivity index (χ0v) is 10.7. The lowest BCUT2D eigenvalue weighted by atomic mass is 10.2. The maximum Gasteiger partial charge on any atom is 0.340 e. The van der Waals surface area contributed by atoms with E-state index in [1.165, 1.54) is 0 Å². The Labute approximate surface area is 106 Å². The van der Waals surface area contributed by atoms with Crippen LogP contribution in [0.25, 0.3) is 5.52 Å². The standard InChI is InChI=1S/C12H10BrNO3/c1-2-17-12(16)8-6-10-9(13)4-3-5-14(10)11(8)7-15/h3-7H,2H2,1H3. The number of aromatic nitrogens is 1. The number of ether oxygens (including phenoxy) is 1. The molecule has 0 amide bonds. The zero-order valence-electron chi connectivity index (χ0n) is 9.14. The fraction of sp³-hybridized carbons (Fsp3) is 0.167. The highest BCUT2D eigenvalue weighted by Crippen LogP contribution is 2.23. The molecule has 2 heterocycles. The molecule has 4 nitrogen and oxygen atoms in total. The number of halogens is 1. The minimum absolute atomic E-state index is 0.282. The van der Waals surface area contributed by atoms with Crippen LogP contribution in [0.4, 0.5) is 0 Å². The van der Waals surface area contributed by atoms with Gasteiger partial charge < -0.3 is 9.14 Å². The van der Waals surface area contributed by atoms with Crippen molar-refractivity contribution in [3.8, 4) is 0 Å². The number of hydrogen-bond donors (Lipinski definition) is 0. The highest BCUT2D eigenvalue weighted by molar-refractivity contribution is 9.10. The summed E-state index contributed by atoms with van der Waals surface area (Å²) in [5.41, 5.74) is 1.35. The second-order valence-electron chi connectivity index (χ2n) is 3.39. The second-order valence-corrected chi connectivity index (χ2v) is 4.25. The molecule has 0 saturated heterocycles. The molecule has 0 fully saturated rings. The van der Waals surface area contributed by atoms with E-state index in [1.807, 2.05) is 6.07 Å². The van der Waals surface area contributed by atoms with Crippen molar-refractivity contribution in [1.82, 2.24) is 4.40 Å². The fourth-order valence-electron chi connectivity index (χ4n) is 1.68. The first-order chi connectivity index (χ1) is 8.19. The molecule has 17 heavy (non-hydrogen) atoms. The van der Waals surface area contributed by atoms with Crippen molar-refractivity contribution in [3.05, 3.63) is 40.1 Å². The Morgan fingerprint density at radius 3 is 3.00 bits per heavy atom. The maximum atomic E-state index is 11.7. The first kappa shape index (κ1) is 11.9. The molecule has 0 N–H and O–H groups in total. The van der Waals surface area contributed by atoms with Gasteiger partial charge in [-0.2, -0.15) is 0 Å². The molecule has 0 unspecified atom stereocenters. The number of hydrogen-bond acceptors (Lipinski definition) is 3. The summed E-state index contributed by atoms with van der Waals surface area (Å²) < 4.78 is 7.39. The number of carbonyl (C=O) groups is 2. The Morgan fingerprint density at radius 1 is 1.59 bits per heavy atom. The Bertz CT molecular complexity index is 589. The normalized spacial score (nSPS) is 10.5.